The third-order valence-corrected chi connectivity index (χ3v) is 0.586. The molecule has 0 spiro atoms. The minimum Gasteiger partial charge on any atom is 4.00 e. The Morgan fingerprint density at radius 1 is 0.864 bits per heavy atom. The molecule has 0 bridgehead atoms. The largest absolute Gasteiger partial charge is 4.00 e. The molecule has 0 saturated carbocycles. The van der Waals surface area contributed by atoms with Crippen molar-refractivity contribution in [3.63, 3.8) is 0 Å². The van der Waals surface area contributed by atoms with Gasteiger partial charge in [-0.25, -0.2) is 12.2 Å². The van der Waals surface area contributed by atoms with Gasteiger partial charge in [0.05, 0.1) is 0 Å². The molecule has 0 saturated heterocycles. The Kier molecular flexibility index (Phi) is 45.7. The summed E-state index contributed by atoms with van der Waals surface area (Å²) in [4.78, 5) is 0. The molecule has 1 aliphatic carbocycles. The van der Waals surface area contributed by atoms with Gasteiger partial charge in [-0.1, -0.05) is 41.5 Å². The summed E-state index contributed by atoms with van der Waals surface area (Å²) >= 11 is -4.83. The Morgan fingerprint density at radius 3 is 1.14 bits per heavy atom. The predicted molar refractivity (Wildman–Crippen MR) is 89.0 cm³/mol. The Morgan fingerprint density at radius 2 is 1.09 bits per heavy atom. The van der Waals surface area contributed by atoms with Crippen LogP contribution in [0.25, 0.3) is 17.2 Å². The number of allylic oxidation sites excluding steroid dienone is 4. The number of hydrogen-bond donors (Lipinski definition) is 0. The van der Waals surface area contributed by atoms with Crippen molar-refractivity contribution in [3.05, 3.63) is 41.5 Å². The summed E-state index contributed by atoms with van der Waals surface area (Å²) < 4.78 is 29.5. The first-order valence-electron chi connectivity index (χ1n) is 6.61. The molecule has 129 valence electrons. The first kappa shape index (κ1) is 34.0. The second-order valence-electron chi connectivity index (χ2n) is 4.68. The van der Waals surface area contributed by atoms with Gasteiger partial charge in [0.2, 0.25) is 0 Å². The smallest absolute Gasteiger partial charge is 4.00 e. The molecule has 3 nitrogen and oxygen atoms in total. The van der Waals surface area contributed by atoms with E-state index in [2.05, 4.69) is 12.2 Å². The molecule has 0 aliphatic heterocycles. The zero-order chi connectivity index (χ0) is 17.8. The van der Waals surface area contributed by atoms with E-state index in [0.717, 1.165) is 6.42 Å². The maximum Gasteiger partial charge on any atom is 4.00 e. The summed E-state index contributed by atoms with van der Waals surface area (Å²) in [6.07, 6.45) is 10.0. The zero-order valence-electron chi connectivity index (χ0n) is 14.3. The summed E-state index contributed by atoms with van der Waals surface area (Å²) in [5.41, 5.74) is 19.8. The van der Waals surface area contributed by atoms with Crippen LogP contribution in [0.4, 0.5) is 10.5 Å². The normalized spacial score (nSPS) is 10.5. The van der Waals surface area contributed by atoms with Gasteiger partial charge >= 0.3 is 52.4 Å². The predicted octanol–water partition coefficient (Wildman–Crippen LogP) is 6.52. The quantitative estimate of drug-likeness (QED) is 0.292. The molecular weight excluding hydrogens is 431 g/mol. The van der Waals surface area contributed by atoms with Crippen molar-refractivity contribution in [1.82, 2.24) is 0 Å². The number of halogens is 3. The van der Waals surface area contributed by atoms with Gasteiger partial charge in [0.25, 0.3) is 0 Å². The molecule has 3 N–H and O–H groups in total. The molecule has 0 aromatic carbocycles. The zero-order valence-corrected chi connectivity index (χ0v) is 18.9. The maximum absolute atomic E-state index is 9.83. The van der Waals surface area contributed by atoms with Crippen LogP contribution in [-0.2, 0) is 26.2 Å². The third kappa shape index (κ3) is 254. The molecule has 8 heteroatoms. The second kappa shape index (κ2) is 29.6. The SMILES string of the molecule is CC(C)[NH-].CC(C)[NH-].CC(C)[NH-].[C-]1=CC=CC1.[F][Ge]([F])[F].[Zr+4]. The molecule has 1 radical (unpaired) electrons. The Labute approximate surface area is 159 Å². The molecule has 0 atom stereocenters. The van der Waals surface area contributed by atoms with Crippen LogP contribution in [0.2, 0.25) is 0 Å². The minimum absolute atomic E-state index is 0. The van der Waals surface area contributed by atoms with Gasteiger partial charge in [0.15, 0.2) is 0 Å². The summed E-state index contributed by atoms with van der Waals surface area (Å²) in [6, 6.07) is 0.250. The van der Waals surface area contributed by atoms with E-state index < -0.39 is 15.7 Å². The summed E-state index contributed by atoms with van der Waals surface area (Å²) in [5, 5.41) is 0. The van der Waals surface area contributed by atoms with E-state index in [1.807, 2.05) is 53.7 Å². The molecule has 0 heterocycles. The van der Waals surface area contributed by atoms with E-state index in [0.29, 0.717) is 0 Å². The van der Waals surface area contributed by atoms with E-state index in [1.165, 1.54) is 0 Å². The maximum atomic E-state index is 9.83. The van der Waals surface area contributed by atoms with Crippen LogP contribution < -0.4 is 0 Å². The molecular formula is C14H29F3GeN3Zr. The topological polar surface area (TPSA) is 71.4 Å². The van der Waals surface area contributed by atoms with Crippen molar-refractivity contribution in [3.8, 4) is 0 Å². The Balaban J connectivity index is -0.0000000544. The van der Waals surface area contributed by atoms with E-state index in [9.17, 15) is 10.5 Å². The summed E-state index contributed by atoms with van der Waals surface area (Å²) in [7, 11) is 0. The number of hydrogen-bond acceptors (Lipinski definition) is 0. The first-order valence-corrected chi connectivity index (χ1v) is 8.99. The van der Waals surface area contributed by atoms with Crippen molar-refractivity contribution < 1.29 is 36.7 Å². The van der Waals surface area contributed by atoms with E-state index in [-0.39, 0.29) is 44.3 Å². The molecule has 0 unspecified atom stereocenters. The van der Waals surface area contributed by atoms with Gasteiger partial charge in [-0.2, -0.15) is 6.08 Å². The molecule has 1 rings (SSSR count). The fraction of sp³-hybridized carbons (Fsp3) is 0.714. The van der Waals surface area contributed by atoms with Crippen LogP contribution in [0.1, 0.15) is 48.0 Å². The molecule has 0 amide bonds. The van der Waals surface area contributed by atoms with Gasteiger partial charge in [-0.15, -0.1) is 24.5 Å². The van der Waals surface area contributed by atoms with Crippen LogP contribution in [0, 0.1) is 6.08 Å². The molecule has 0 aromatic heterocycles. The number of nitrogens with one attached hydrogen (secondary N) is 3. The van der Waals surface area contributed by atoms with Crippen molar-refractivity contribution >= 4 is 15.7 Å². The van der Waals surface area contributed by atoms with Crippen LogP contribution >= 0.6 is 0 Å². The van der Waals surface area contributed by atoms with Crippen molar-refractivity contribution in [1.29, 1.82) is 0 Å². The van der Waals surface area contributed by atoms with Gasteiger partial charge < -0.3 is 17.2 Å². The Bertz CT molecular complexity index is 182. The van der Waals surface area contributed by atoms with E-state index >= 15 is 0 Å². The average Bonchev–Trinajstić information content (AvgIpc) is 2.68. The third-order valence-electron chi connectivity index (χ3n) is 0.586. The minimum atomic E-state index is -4.83. The first-order chi connectivity index (χ1) is 9.43. The summed E-state index contributed by atoms with van der Waals surface area (Å²) in [5.74, 6) is 0. The summed E-state index contributed by atoms with van der Waals surface area (Å²) in [6.45, 7) is 11.0. The standard InChI is InChI=1S/C5H5.3C3H8N.F3Ge.Zr/c1-2-4-5-3-1;3*1-3(2)4;1-4(2)3;/h1-3H,4H2;3*3-4H,1-2H3;;/q4*-1;;+4. The van der Waals surface area contributed by atoms with Crippen LogP contribution in [0.15, 0.2) is 18.2 Å². The molecule has 22 heavy (non-hydrogen) atoms. The van der Waals surface area contributed by atoms with Crippen molar-refractivity contribution in [2.45, 2.75) is 66.1 Å². The monoisotopic (exact) mass is 460 g/mol. The fourth-order valence-electron chi connectivity index (χ4n) is 0.340. The van der Waals surface area contributed by atoms with Crippen LogP contribution in [-0.4, -0.2) is 33.9 Å². The van der Waals surface area contributed by atoms with E-state index in [4.69, 9.17) is 17.2 Å². The second-order valence-corrected chi connectivity index (χ2v) is 5.58. The van der Waals surface area contributed by atoms with Crippen LogP contribution in [0.5, 0.6) is 0 Å². The van der Waals surface area contributed by atoms with Gasteiger partial charge in [-0.05, 0) is 0 Å². The van der Waals surface area contributed by atoms with Gasteiger partial charge in [0.1, 0.15) is 0 Å². The fourth-order valence-corrected chi connectivity index (χ4v) is 0.340. The van der Waals surface area contributed by atoms with Crippen molar-refractivity contribution in [2.75, 3.05) is 0 Å². The average molecular weight is 460 g/mol. The number of rotatable bonds is 0. The van der Waals surface area contributed by atoms with Crippen molar-refractivity contribution in [2.24, 2.45) is 0 Å². The molecule has 1 aliphatic rings. The van der Waals surface area contributed by atoms with Gasteiger partial charge in [-0.3, -0.25) is 6.08 Å². The molecule has 0 fully saturated rings. The Hall–Kier alpha value is 0.576. The van der Waals surface area contributed by atoms with E-state index in [1.54, 1.807) is 0 Å². The van der Waals surface area contributed by atoms with Gasteiger partial charge in [0, 0.05) is 0 Å². The van der Waals surface area contributed by atoms with Crippen LogP contribution in [0.3, 0.4) is 0 Å². The molecule has 0 aromatic rings.